The maximum absolute atomic E-state index is 8.73. The Balaban J connectivity index is 1.90. The Bertz CT molecular complexity index is 719. The van der Waals surface area contributed by atoms with E-state index in [1.807, 2.05) is 24.3 Å². The minimum Gasteiger partial charge on any atom is -0.491 e. The van der Waals surface area contributed by atoms with Gasteiger partial charge >= 0.3 is 0 Å². The van der Waals surface area contributed by atoms with Crippen molar-refractivity contribution < 1.29 is 9.84 Å². The van der Waals surface area contributed by atoms with Crippen molar-refractivity contribution in [2.24, 2.45) is 0 Å². The van der Waals surface area contributed by atoms with E-state index in [1.165, 1.54) is 8.96 Å². The molecule has 0 fully saturated rings. The summed E-state index contributed by atoms with van der Waals surface area (Å²) in [6, 6.07) is 16.4. The van der Waals surface area contributed by atoms with E-state index in [-0.39, 0.29) is 6.61 Å². The number of benzene rings is 2. The van der Waals surface area contributed by atoms with Gasteiger partial charge in [0.05, 0.1) is 6.61 Å². The van der Waals surface area contributed by atoms with Gasteiger partial charge in [-0.25, -0.2) is 0 Å². The molecule has 2 N–H and O–H groups in total. The van der Waals surface area contributed by atoms with Crippen molar-refractivity contribution in [3.63, 3.8) is 0 Å². The van der Waals surface area contributed by atoms with Gasteiger partial charge in [-0.2, -0.15) is 0 Å². The molecule has 0 saturated carbocycles. The quantitative estimate of drug-likeness (QED) is 0.680. The third kappa shape index (κ3) is 2.81. The summed E-state index contributed by atoms with van der Waals surface area (Å²) >= 11 is 2.32. The average Bonchev–Trinajstić information content (AvgIpc) is 2.88. The van der Waals surface area contributed by atoms with Gasteiger partial charge < -0.3 is 14.8 Å². The minimum absolute atomic E-state index is 0.0302. The molecule has 0 aliphatic rings. The molecule has 0 spiro atoms. The summed E-state index contributed by atoms with van der Waals surface area (Å²) in [5.41, 5.74) is 3.35. The third-order valence-electron chi connectivity index (χ3n) is 3.11. The highest BCUT2D eigenvalue weighted by atomic mass is 125. The lowest BCUT2D eigenvalue weighted by Crippen LogP contribution is -2.01. The van der Waals surface area contributed by atoms with Crippen LogP contribution in [0.4, 0.5) is 0 Å². The Morgan fingerprint density at radius 3 is 2.60 bits per heavy atom. The zero-order chi connectivity index (χ0) is 13.9. The molecule has 0 bridgehead atoms. The fourth-order valence-corrected chi connectivity index (χ4v) is 2.67. The number of halogens is 1. The van der Waals surface area contributed by atoms with Crippen LogP contribution in [-0.2, 0) is 0 Å². The Hall–Kier alpha value is -1.53. The minimum atomic E-state index is 0.0302. The van der Waals surface area contributed by atoms with Crippen LogP contribution in [0.5, 0.6) is 5.75 Å². The maximum atomic E-state index is 8.73. The fraction of sp³-hybridized carbons (Fsp3) is 0.125. The highest BCUT2D eigenvalue weighted by Crippen LogP contribution is 2.26. The van der Waals surface area contributed by atoms with Gasteiger partial charge in [0.1, 0.15) is 12.4 Å². The van der Waals surface area contributed by atoms with Crippen LogP contribution in [0.25, 0.3) is 22.2 Å². The molecule has 1 aromatic heterocycles. The van der Waals surface area contributed by atoms with Crippen LogP contribution in [0.2, 0.25) is 0 Å². The lowest BCUT2D eigenvalue weighted by molar-refractivity contribution is 0.201. The standard InChI is InChI=1S/C16H14INO2/c17-13-3-6-15-12(9-13)10-16(18-15)11-1-4-14(5-2-11)20-8-7-19/h1-6,9-10,18-19H,7-8H2/i17-2. The van der Waals surface area contributed by atoms with Gasteiger partial charge in [0, 0.05) is 20.2 Å². The van der Waals surface area contributed by atoms with Gasteiger partial charge in [-0.1, -0.05) is 0 Å². The van der Waals surface area contributed by atoms with Crippen LogP contribution in [0.3, 0.4) is 0 Å². The number of aromatic nitrogens is 1. The highest BCUT2D eigenvalue weighted by Gasteiger charge is 2.04. The first-order valence-electron chi connectivity index (χ1n) is 6.38. The monoisotopic (exact) mass is 377 g/mol. The van der Waals surface area contributed by atoms with Gasteiger partial charge in [-0.05, 0) is 76.7 Å². The van der Waals surface area contributed by atoms with Gasteiger partial charge in [0.15, 0.2) is 0 Å². The molecule has 0 radical (unpaired) electrons. The molecule has 0 atom stereocenters. The topological polar surface area (TPSA) is 45.2 Å². The first-order valence-corrected chi connectivity index (χ1v) is 7.46. The van der Waals surface area contributed by atoms with Crippen molar-refractivity contribution in [1.82, 2.24) is 4.98 Å². The van der Waals surface area contributed by atoms with E-state index in [0.717, 1.165) is 22.5 Å². The summed E-state index contributed by atoms with van der Waals surface area (Å²) in [7, 11) is 0. The number of ether oxygens (including phenoxy) is 1. The predicted octanol–water partition coefficient (Wildman–Crippen LogP) is 3.81. The van der Waals surface area contributed by atoms with Crippen LogP contribution in [0.15, 0.2) is 48.5 Å². The summed E-state index contributed by atoms with van der Waals surface area (Å²) in [6.45, 7) is 0.354. The number of hydrogen-bond donors (Lipinski definition) is 2. The molecule has 1 heterocycles. The summed E-state index contributed by atoms with van der Waals surface area (Å²) in [6.07, 6.45) is 0. The van der Waals surface area contributed by atoms with Crippen LogP contribution < -0.4 is 4.74 Å². The molecular weight excluding hydrogens is 363 g/mol. The van der Waals surface area contributed by atoms with Crippen molar-refractivity contribution in [2.75, 3.05) is 13.2 Å². The number of fused-ring (bicyclic) bond motifs is 1. The molecule has 3 nitrogen and oxygen atoms in total. The first-order chi connectivity index (χ1) is 9.76. The summed E-state index contributed by atoms with van der Waals surface area (Å²) in [4.78, 5) is 3.42. The second-order valence-corrected chi connectivity index (χ2v) is 5.76. The normalized spacial score (nSPS) is 10.9. The molecule has 4 heteroatoms. The van der Waals surface area contributed by atoms with Crippen molar-refractivity contribution >= 4 is 33.5 Å². The number of hydrogen-bond acceptors (Lipinski definition) is 2. The van der Waals surface area contributed by atoms with Gasteiger partial charge in [0.2, 0.25) is 0 Å². The number of aromatic amines is 1. The van der Waals surface area contributed by atoms with E-state index in [2.05, 4.69) is 51.8 Å². The molecule has 2 aromatic carbocycles. The number of nitrogens with one attached hydrogen (secondary N) is 1. The Morgan fingerprint density at radius 2 is 1.85 bits per heavy atom. The summed E-state index contributed by atoms with van der Waals surface area (Å²) in [5.74, 6) is 0.772. The molecule has 3 aromatic rings. The lowest BCUT2D eigenvalue weighted by atomic mass is 10.1. The third-order valence-corrected chi connectivity index (χ3v) is 3.78. The zero-order valence-electron chi connectivity index (χ0n) is 10.8. The van der Waals surface area contributed by atoms with Crippen LogP contribution in [-0.4, -0.2) is 23.3 Å². The van der Waals surface area contributed by atoms with E-state index in [9.17, 15) is 0 Å². The molecule has 0 aliphatic carbocycles. The maximum Gasteiger partial charge on any atom is 0.119 e. The average molecular weight is 377 g/mol. The van der Waals surface area contributed by atoms with Crippen molar-refractivity contribution in [3.05, 3.63) is 52.1 Å². The van der Waals surface area contributed by atoms with Gasteiger partial charge in [-0.3, -0.25) is 0 Å². The van der Waals surface area contributed by atoms with Crippen LogP contribution in [0, 0.1) is 3.57 Å². The Labute approximate surface area is 130 Å². The molecule has 0 saturated heterocycles. The number of H-pyrrole nitrogens is 1. The molecule has 0 unspecified atom stereocenters. The van der Waals surface area contributed by atoms with E-state index in [1.54, 1.807) is 0 Å². The number of rotatable bonds is 4. The fourth-order valence-electron chi connectivity index (χ4n) is 2.15. The predicted molar refractivity (Wildman–Crippen MR) is 89.0 cm³/mol. The Kier molecular flexibility index (Phi) is 3.93. The van der Waals surface area contributed by atoms with Crippen molar-refractivity contribution in [2.45, 2.75) is 0 Å². The molecule has 0 aliphatic heterocycles. The van der Waals surface area contributed by atoms with Gasteiger partial charge in [-0.15, -0.1) is 0 Å². The number of aliphatic hydroxyl groups is 1. The van der Waals surface area contributed by atoms with Crippen molar-refractivity contribution in [3.8, 4) is 17.0 Å². The lowest BCUT2D eigenvalue weighted by Gasteiger charge is -2.04. The van der Waals surface area contributed by atoms with Crippen LogP contribution >= 0.6 is 22.6 Å². The summed E-state index contributed by atoms with van der Waals surface area (Å²) < 4.78 is 6.59. The molecule has 102 valence electrons. The highest BCUT2D eigenvalue weighted by molar-refractivity contribution is 14.1. The van der Waals surface area contributed by atoms with E-state index < -0.39 is 0 Å². The largest absolute Gasteiger partial charge is 0.491 e. The molecular formula is C16H14INO2. The van der Waals surface area contributed by atoms with Gasteiger partial charge in [0.25, 0.3) is 0 Å². The summed E-state index contributed by atoms with van der Waals surface area (Å²) in [5, 5.41) is 9.95. The second-order valence-electron chi connectivity index (χ2n) is 4.51. The van der Waals surface area contributed by atoms with E-state index >= 15 is 0 Å². The first kappa shape index (κ1) is 13.5. The molecule has 20 heavy (non-hydrogen) atoms. The number of aliphatic hydroxyl groups excluding tert-OH is 1. The Morgan fingerprint density at radius 1 is 1.05 bits per heavy atom. The molecule has 3 rings (SSSR count). The van der Waals surface area contributed by atoms with E-state index in [0.29, 0.717) is 6.61 Å². The van der Waals surface area contributed by atoms with Crippen LogP contribution in [0.1, 0.15) is 0 Å². The SMILES string of the molecule is OCCOc1ccc(-c2cc3cc([125I])ccc3[nH]2)cc1. The van der Waals surface area contributed by atoms with E-state index in [4.69, 9.17) is 9.84 Å². The van der Waals surface area contributed by atoms with Crippen molar-refractivity contribution in [1.29, 1.82) is 0 Å². The molecule has 0 amide bonds. The zero-order valence-corrected chi connectivity index (χ0v) is 12.9. The second kappa shape index (κ2) is 5.85. The smallest absolute Gasteiger partial charge is 0.119 e.